The fourth-order valence-electron chi connectivity index (χ4n) is 2.64. The lowest BCUT2D eigenvalue weighted by molar-refractivity contribution is -0.124. The highest BCUT2D eigenvalue weighted by atomic mass is 16.1. The summed E-state index contributed by atoms with van der Waals surface area (Å²) in [6.07, 6.45) is 9.12. The number of ketones is 1. The molecule has 0 aliphatic heterocycles. The van der Waals surface area contributed by atoms with E-state index >= 15 is 0 Å². The number of carbonyl (C=O) groups excluding carboxylic acids is 1. The monoisotopic (exact) mass is 195 g/mol. The van der Waals surface area contributed by atoms with E-state index in [1.165, 1.54) is 38.5 Å². The van der Waals surface area contributed by atoms with Crippen LogP contribution in [0.5, 0.6) is 0 Å². The van der Waals surface area contributed by atoms with Gasteiger partial charge >= 0.3 is 0 Å². The summed E-state index contributed by atoms with van der Waals surface area (Å²) in [4.78, 5) is 11.8. The molecule has 0 unspecified atom stereocenters. The van der Waals surface area contributed by atoms with E-state index in [-0.39, 0.29) is 5.41 Å². The van der Waals surface area contributed by atoms with Crippen molar-refractivity contribution in [1.82, 2.24) is 0 Å². The summed E-state index contributed by atoms with van der Waals surface area (Å²) in [6, 6.07) is 0. The predicted molar refractivity (Wildman–Crippen MR) is 56.9 cm³/mol. The molecule has 0 saturated heterocycles. The van der Waals surface area contributed by atoms with E-state index in [1.807, 2.05) is 0 Å². The minimum Gasteiger partial charge on any atom is -0.330 e. The molecule has 0 atom stereocenters. The number of carbonyl (C=O) groups is 1. The van der Waals surface area contributed by atoms with Crippen LogP contribution >= 0.6 is 0 Å². The number of nitrogens with two attached hydrogens (primary N) is 1. The summed E-state index contributed by atoms with van der Waals surface area (Å²) in [5, 5.41) is 0. The van der Waals surface area contributed by atoms with Crippen LogP contribution < -0.4 is 5.73 Å². The number of rotatable bonds is 5. The third kappa shape index (κ3) is 2.00. The average molecular weight is 195 g/mol. The minimum atomic E-state index is 0.223. The molecule has 2 heteroatoms. The molecule has 2 aliphatic carbocycles. The van der Waals surface area contributed by atoms with Crippen molar-refractivity contribution in [3.8, 4) is 0 Å². The summed E-state index contributed by atoms with van der Waals surface area (Å²) in [7, 11) is 0. The van der Waals surface area contributed by atoms with E-state index in [0.29, 0.717) is 12.3 Å². The summed E-state index contributed by atoms with van der Waals surface area (Å²) >= 11 is 0. The molecule has 0 amide bonds. The van der Waals surface area contributed by atoms with Crippen LogP contribution in [0.15, 0.2) is 0 Å². The van der Waals surface area contributed by atoms with Crippen molar-refractivity contribution >= 4 is 5.78 Å². The first-order valence-electron chi connectivity index (χ1n) is 5.96. The molecule has 14 heavy (non-hydrogen) atoms. The fraction of sp³-hybridized carbons (Fsp3) is 0.917. The molecule has 2 saturated carbocycles. The van der Waals surface area contributed by atoms with Crippen molar-refractivity contribution < 1.29 is 4.79 Å². The smallest absolute Gasteiger partial charge is 0.133 e. The van der Waals surface area contributed by atoms with E-state index in [9.17, 15) is 4.79 Å². The Morgan fingerprint density at radius 2 is 2.00 bits per heavy atom. The van der Waals surface area contributed by atoms with Gasteiger partial charge in [-0.05, 0) is 30.7 Å². The molecular weight excluding hydrogens is 174 g/mol. The Kier molecular flexibility index (Phi) is 2.91. The first-order valence-corrected chi connectivity index (χ1v) is 5.96. The third-order valence-corrected chi connectivity index (χ3v) is 4.16. The SMILES string of the molecule is NCC1(CC(=O)CC2CCC2)CCC1. The topological polar surface area (TPSA) is 43.1 Å². The molecule has 2 fully saturated rings. The minimum absolute atomic E-state index is 0.223. The van der Waals surface area contributed by atoms with Gasteiger partial charge in [-0.2, -0.15) is 0 Å². The Balaban J connectivity index is 1.75. The molecule has 0 spiro atoms. The first-order chi connectivity index (χ1) is 6.74. The van der Waals surface area contributed by atoms with E-state index < -0.39 is 0 Å². The van der Waals surface area contributed by atoms with E-state index in [2.05, 4.69) is 0 Å². The first kappa shape index (κ1) is 10.2. The second-order valence-electron chi connectivity index (χ2n) is 5.27. The molecule has 0 aromatic heterocycles. The van der Waals surface area contributed by atoms with Gasteiger partial charge in [0.15, 0.2) is 0 Å². The van der Waals surface area contributed by atoms with Gasteiger partial charge in [0.2, 0.25) is 0 Å². The van der Waals surface area contributed by atoms with Gasteiger partial charge in [-0.3, -0.25) is 4.79 Å². The summed E-state index contributed by atoms with van der Waals surface area (Å²) in [5.41, 5.74) is 5.97. The molecule has 80 valence electrons. The molecule has 0 heterocycles. The van der Waals surface area contributed by atoms with E-state index in [0.717, 1.165) is 18.8 Å². The van der Waals surface area contributed by atoms with Crippen LogP contribution in [0.25, 0.3) is 0 Å². The molecule has 2 nitrogen and oxygen atoms in total. The second kappa shape index (κ2) is 4.01. The quantitative estimate of drug-likeness (QED) is 0.731. The zero-order chi connectivity index (χ0) is 10.0. The number of Topliss-reactive ketones (excluding diaryl/α,β-unsaturated/α-hetero) is 1. The summed E-state index contributed by atoms with van der Waals surface area (Å²) in [5.74, 6) is 1.19. The maximum Gasteiger partial charge on any atom is 0.133 e. The Morgan fingerprint density at radius 1 is 1.29 bits per heavy atom. The maximum atomic E-state index is 11.8. The second-order valence-corrected chi connectivity index (χ2v) is 5.27. The van der Waals surface area contributed by atoms with E-state index in [4.69, 9.17) is 5.73 Å². The molecule has 0 bridgehead atoms. The van der Waals surface area contributed by atoms with Crippen LogP contribution in [0.3, 0.4) is 0 Å². The van der Waals surface area contributed by atoms with Gasteiger partial charge in [-0.15, -0.1) is 0 Å². The molecule has 0 aromatic carbocycles. The van der Waals surface area contributed by atoms with Crippen LogP contribution in [0.4, 0.5) is 0 Å². The number of hydrogen-bond donors (Lipinski definition) is 1. The molecule has 0 aromatic rings. The van der Waals surface area contributed by atoms with Crippen molar-refractivity contribution in [2.75, 3.05) is 6.54 Å². The molecule has 2 rings (SSSR count). The standard InChI is InChI=1S/C12H21NO/c13-9-12(5-2-6-12)8-11(14)7-10-3-1-4-10/h10H,1-9,13H2. The van der Waals surface area contributed by atoms with Crippen molar-refractivity contribution in [3.63, 3.8) is 0 Å². The van der Waals surface area contributed by atoms with Crippen LogP contribution in [0, 0.1) is 11.3 Å². The lowest BCUT2D eigenvalue weighted by atomic mass is 9.65. The van der Waals surface area contributed by atoms with Gasteiger partial charge in [-0.1, -0.05) is 25.7 Å². The summed E-state index contributed by atoms with van der Waals surface area (Å²) < 4.78 is 0. The fourth-order valence-corrected chi connectivity index (χ4v) is 2.64. The van der Waals surface area contributed by atoms with Crippen LogP contribution in [-0.2, 0) is 4.79 Å². The molecule has 2 aliphatic rings. The van der Waals surface area contributed by atoms with Crippen LogP contribution in [0.2, 0.25) is 0 Å². The highest BCUT2D eigenvalue weighted by molar-refractivity contribution is 5.79. The van der Waals surface area contributed by atoms with Crippen molar-refractivity contribution in [2.45, 2.75) is 51.4 Å². The van der Waals surface area contributed by atoms with Gasteiger partial charge in [-0.25, -0.2) is 0 Å². The maximum absolute atomic E-state index is 11.8. The largest absolute Gasteiger partial charge is 0.330 e. The highest BCUT2D eigenvalue weighted by Crippen LogP contribution is 2.44. The van der Waals surface area contributed by atoms with Gasteiger partial charge < -0.3 is 5.73 Å². The van der Waals surface area contributed by atoms with Crippen molar-refractivity contribution in [1.29, 1.82) is 0 Å². The average Bonchev–Trinajstić information content (AvgIpc) is 2.04. The zero-order valence-corrected chi connectivity index (χ0v) is 8.93. The summed E-state index contributed by atoms with van der Waals surface area (Å²) in [6.45, 7) is 0.712. The van der Waals surface area contributed by atoms with E-state index in [1.54, 1.807) is 0 Å². The Morgan fingerprint density at radius 3 is 2.36 bits per heavy atom. The normalized spacial score (nSPS) is 25.2. The van der Waals surface area contributed by atoms with Crippen molar-refractivity contribution in [3.05, 3.63) is 0 Å². The Hall–Kier alpha value is -0.370. The Labute approximate surface area is 86.2 Å². The molecular formula is C12H21NO. The van der Waals surface area contributed by atoms with Gasteiger partial charge in [0.1, 0.15) is 5.78 Å². The molecule has 0 radical (unpaired) electrons. The van der Waals surface area contributed by atoms with Gasteiger partial charge in [0, 0.05) is 12.8 Å². The lowest BCUT2D eigenvalue weighted by Crippen LogP contribution is -2.39. The number of hydrogen-bond acceptors (Lipinski definition) is 2. The van der Waals surface area contributed by atoms with Crippen molar-refractivity contribution in [2.24, 2.45) is 17.1 Å². The zero-order valence-electron chi connectivity index (χ0n) is 8.93. The Bertz CT molecular complexity index is 211. The lowest BCUT2D eigenvalue weighted by Gasteiger charge is -2.41. The highest BCUT2D eigenvalue weighted by Gasteiger charge is 2.37. The molecule has 2 N–H and O–H groups in total. The predicted octanol–water partition coefficient (Wildman–Crippen LogP) is 2.26. The third-order valence-electron chi connectivity index (χ3n) is 4.16. The van der Waals surface area contributed by atoms with Gasteiger partial charge in [0.05, 0.1) is 0 Å². The van der Waals surface area contributed by atoms with Crippen LogP contribution in [0.1, 0.15) is 51.4 Å². The van der Waals surface area contributed by atoms with Crippen LogP contribution in [-0.4, -0.2) is 12.3 Å². The van der Waals surface area contributed by atoms with Gasteiger partial charge in [0.25, 0.3) is 0 Å².